The lowest BCUT2D eigenvalue weighted by atomic mass is 9.68. The van der Waals surface area contributed by atoms with Gasteiger partial charge in [0.15, 0.2) is 5.82 Å². The SMILES string of the molecule is Nc1cc(F)cc(F)c1N1CC2(CCCCC2)C1. The zero-order valence-electron chi connectivity index (χ0n) is 10.4. The molecule has 1 spiro atoms. The molecule has 0 atom stereocenters. The van der Waals surface area contributed by atoms with Crippen molar-refractivity contribution < 1.29 is 8.78 Å². The van der Waals surface area contributed by atoms with Gasteiger partial charge in [0.2, 0.25) is 0 Å². The first kappa shape index (κ1) is 11.8. The summed E-state index contributed by atoms with van der Waals surface area (Å²) in [5.74, 6) is -1.15. The Bertz CT molecular complexity index is 436. The number of hydrogen-bond donors (Lipinski definition) is 1. The molecule has 4 heteroatoms. The van der Waals surface area contributed by atoms with Crippen molar-refractivity contribution in [2.75, 3.05) is 23.7 Å². The number of hydrogen-bond acceptors (Lipinski definition) is 2. The van der Waals surface area contributed by atoms with Crippen molar-refractivity contribution in [2.24, 2.45) is 5.41 Å². The summed E-state index contributed by atoms with van der Waals surface area (Å²) in [5.41, 5.74) is 6.68. The Hall–Kier alpha value is -1.32. The van der Waals surface area contributed by atoms with Crippen LogP contribution in [0.25, 0.3) is 0 Å². The van der Waals surface area contributed by atoms with E-state index in [9.17, 15) is 8.78 Å². The number of nitrogens with two attached hydrogens (primary N) is 1. The number of rotatable bonds is 1. The average Bonchev–Trinajstić information content (AvgIpc) is 2.26. The predicted octanol–water partition coefficient (Wildman–Crippen LogP) is 3.32. The van der Waals surface area contributed by atoms with Crippen LogP contribution >= 0.6 is 0 Å². The summed E-state index contributed by atoms with van der Waals surface area (Å²) in [6.45, 7) is 1.72. The first-order chi connectivity index (χ1) is 8.60. The van der Waals surface area contributed by atoms with Crippen LogP contribution in [0.5, 0.6) is 0 Å². The third kappa shape index (κ3) is 1.84. The molecule has 0 radical (unpaired) electrons. The van der Waals surface area contributed by atoms with Crippen molar-refractivity contribution in [1.29, 1.82) is 0 Å². The molecule has 18 heavy (non-hydrogen) atoms. The van der Waals surface area contributed by atoms with Crippen LogP contribution in [0.3, 0.4) is 0 Å². The first-order valence-corrected chi connectivity index (χ1v) is 6.59. The zero-order chi connectivity index (χ0) is 12.8. The summed E-state index contributed by atoms with van der Waals surface area (Å²) in [5, 5.41) is 0. The van der Waals surface area contributed by atoms with Crippen LogP contribution in [0.15, 0.2) is 12.1 Å². The number of nitrogens with zero attached hydrogens (tertiary/aromatic N) is 1. The summed E-state index contributed by atoms with van der Waals surface area (Å²) < 4.78 is 26.8. The highest BCUT2D eigenvalue weighted by molar-refractivity contribution is 5.69. The summed E-state index contributed by atoms with van der Waals surface area (Å²) in [6.07, 6.45) is 6.32. The van der Waals surface area contributed by atoms with Crippen molar-refractivity contribution in [3.8, 4) is 0 Å². The van der Waals surface area contributed by atoms with E-state index in [0.717, 1.165) is 19.2 Å². The number of benzene rings is 1. The van der Waals surface area contributed by atoms with Gasteiger partial charge in [0, 0.05) is 24.6 Å². The Labute approximate surface area is 106 Å². The molecule has 0 bridgehead atoms. The Balaban J connectivity index is 1.78. The number of nitrogen functional groups attached to an aromatic ring is 1. The molecule has 2 nitrogen and oxygen atoms in total. The Morgan fingerprint density at radius 2 is 1.72 bits per heavy atom. The van der Waals surface area contributed by atoms with Gasteiger partial charge in [-0.2, -0.15) is 0 Å². The van der Waals surface area contributed by atoms with Gasteiger partial charge in [0.25, 0.3) is 0 Å². The second-order valence-corrected chi connectivity index (χ2v) is 5.74. The van der Waals surface area contributed by atoms with E-state index in [4.69, 9.17) is 5.73 Å². The second kappa shape index (κ2) is 4.11. The van der Waals surface area contributed by atoms with E-state index < -0.39 is 11.6 Å². The van der Waals surface area contributed by atoms with Gasteiger partial charge in [-0.1, -0.05) is 19.3 Å². The fraction of sp³-hybridized carbons (Fsp3) is 0.571. The van der Waals surface area contributed by atoms with Gasteiger partial charge in [-0.25, -0.2) is 8.78 Å². The lowest BCUT2D eigenvalue weighted by Gasteiger charge is -2.53. The maximum Gasteiger partial charge on any atom is 0.151 e. The van der Waals surface area contributed by atoms with Crippen molar-refractivity contribution in [3.05, 3.63) is 23.8 Å². The molecule has 98 valence electrons. The summed E-state index contributed by atoms with van der Waals surface area (Å²) in [7, 11) is 0. The summed E-state index contributed by atoms with van der Waals surface area (Å²) >= 11 is 0. The molecule has 2 N–H and O–H groups in total. The van der Waals surface area contributed by atoms with Crippen LogP contribution in [0.2, 0.25) is 0 Å². The highest BCUT2D eigenvalue weighted by Crippen LogP contribution is 2.47. The summed E-state index contributed by atoms with van der Waals surface area (Å²) in [4.78, 5) is 1.95. The van der Waals surface area contributed by atoms with Gasteiger partial charge in [0.1, 0.15) is 5.82 Å². The van der Waals surface area contributed by atoms with Crippen LogP contribution in [0.1, 0.15) is 32.1 Å². The van der Waals surface area contributed by atoms with Crippen molar-refractivity contribution >= 4 is 11.4 Å². The molecule has 3 rings (SSSR count). The lowest BCUT2D eigenvalue weighted by Crippen LogP contribution is -2.57. The molecule has 2 aliphatic rings. The molecule has 0 aromatic heterocycles. The molecule has 2 fully saturated rings. The minimum Gasteiger partial charge on any atom is -0.397 e. The standard InChI is InChI=1S/C14H18F2N2/c15-10-6-11(16)13(12(17)7-10)18-8-14(9-18)4-2-1-3-5-14/h6-7H,1-5,8-9,17H2. The number of halogens is 2. The summed E-state index contributed by atoms with van der Waals surface area (Å²) in [6, 6.07) is 2.11. The van der Waals surface area contributed by atoms with Crippen LogP contribution in [-0.2, 0) is 0 Å². The maximum absolute atomic E-state index is 13.8. The molecule has 1 aliphatic heterocycles. The van der Waals surface area contributed by atoms with E-state index in [2.05, 4.69) is 0 Å². The average molecular weight is 252 g/mol. The van der Waals surface area contributed by atoms with Gasteiger partial charge < -0.3 is 10.6 Å². The minimum atomic E-state index is -0.610. The van der Waals surface area contributed by atoms with Crippen molar-refractivity contribution in [2.45, 2.75) is 32.1 Å². The molecule has 1 aromatic carbocycles. The molecule has 0 amide bonds. The fourth-order valence-electron chi connectivity index (χ4n) is 3.46. The van der Waals surface area contributed by atoms with E-state index in [1.54, 1.807) is 0 Å². The molecular weight excluding hydrogens is 234 g/mol. The van der Waals surface area contributed by atoms with E-state index in [0.29, 0.717) is 11.1 Å². The van der Waals surface area contributed by atoms with Crippen molar-refractivity contribution in [3.63, 3.8) is 0 Å². The Morgan fingerprint density at radius 3 is 2.33 bits per heavy atom. The Morgan fingerprint density at radius 1 is 1.06 bits per heavy atom. The normalized spacial score (nSPS) is 22.0. The Kier molecular flexibility index (Phi) is 2.68. The second-order valence-electron chi connectivity index (χ2n) is 5.74. The molecule has 1 saturated carbocycles. The minimum absolute atomic E-state index is 0.207. The molecule has 1 aliphatic carbocycles. The lowest BCUT2D eigenvalue weighted by molar-refractivity contribution is 0.139. The topological polar surface area (TPSA) is 29.3 Å². The third-order valence-electron chi connectivity index (χ3n) is 4.34. The first-order valence-electron chi connectivity index (χ1n) is 6.59. The zero-order valence-corrected chi connectivity index (χ0v) is 10.4. The quantitative estimate of drug-likeness (QED) is 0.777. The van der Waals surface area contributed by atoms with Crippen LogP contribution in [0.4, 0.5) is 20.2 Å². The smallest absolute Gasteiger partial charge is 0.151 e. The molecule has 1 aromatic rings. The van der Waals surface area contributed by atoms with Crippen molar-refractivity contribution in [1.82, 2.24) is 0 Å². The van der Waals surface area contributed by atoms with Gasteiger partial charge in [-0.05, 0) is 18.9 Å². The molecule has 1 heterocycles. The maximum atomic E-state index is 13.8. The van der Waals surface area contributed by atoms with E-state index in [-0.39, 0.29) is 5.69 Å². The van der Waals surface area contributed by atoms with Crippen LogP contribution in [-0.4, -0.2) is 13.1 Å². The van der Waals surface area contributed by atoms with Gasteiger partial charge in [-0.3, -0.25) is 0 Å². The highest BCUT2D eigenvalue weighted by Gasteiger charge is 2.44. The van der Waals surface area contributed by atoms with Crippen LogP contribution < -0.4 is 10.6 Å². The van der Waals surface area contributed by atoms with E-state index in [1.807, 2.05) is 4.90 Å². The fourth-order valence-corrected chi connectivity index (χ4v) is 3.46. The molecular formula is C14H18F2N2. The number of anilines is 2. The molecule has 0 unspecified atom stereocenters. The van der Waals surface area contributed by atoms with Crippen LogP contribution in [0, 0.1) is 17.0 Å². The van der Waals surface area contributed by atoms with Gasteiger partial charge in [-0.15, -0.1) is 0 Å². The van der Waals surface area contributed by atoms with E-state index >= 15 is 0 Å². The predicted molar refractivity (Wildman–Crippen MR) is 68.5 cm³/mol. The molecule has 1 saturated heterocycles. The largest absolute Gasteiger partial charge is 0.397 e. The monoisotopic (exact) mass is 252 g/mol. The highest BCUT2D eigenvalue weighted by atomic mass is 19.1. The van der Waals surface area contributed by atoms with Gasteiger partial charge >= 0.3 is 0 Å². The van der Waals surface area contributed by atoms with E-state index in [1.165, 1.54) is 38.2 Å². The third-order valence-corrected chi connectivity index (χ3v) is 4.34. The van der Waals surface area contributed by atoms with Gasteiger partial charge in [0.05, 0.1) is 11.4 Å².